The zero-order valence-electron chi connectivity index (χ0n) is 9.97. The number of benzene rings is 1. The molecule has 0 fully saturated rings. The van der Waals surface area contributed by atoms with E-state index in [1.165, 1.54) is 4.90 Å². The minimum absolute atomic E-state index is 0.350. The lowest BCUT2D eigenvalue weighted by Crippen LogP contribution is -2.23. The summed E-state index contributed by atoms with van der Waals surface area (Å²) < 4.78 is 0. The molecule has 0 aromatic heterocycles. The lowest BCUT2D eigenvalue weighted by atomic mass is 9.83. The van der Waals surface area contributed by atoms with Gasteiger partial charge in [-0.05, 0) is 35.6 Å². The van der Waals surface area contributed by atoms with Gasteiger partial charge in [0.25, 0.3) is 0 Å². The van der Waals surface area contributed by atoms with Gasteiger partial charge in [0.1, 0.15) is 0 Å². The number of alkyl halides is 1. The van der Waals surface area contributed by atoms with Crippen molar-refractivity contribution in [3.63, 3.8) is 0 Å². The van der Waals surface area contributed by atoms with Crippen molar-refractivity contribution in [2.45, 2.75) is 25.7 Å². The molecule has 1 unspecified atom stereocenters. The lowest BCUT2D eigenvalue weighted by molar-refractivity contribution is 0.295. The summed E-state index contributed by atoms with van der Waals surface area (Å²) in [6, 6.07) is 8.07. The first-order chi connectivity index (χ1) is 7.43. The summed E-state index contributed by atoms with van der Waals surface area (Å²) in [6.45, 7) is 6.88. The number of halogens is 2. The summed E-state index contributed by atoms with van der Waals surface area (Å²) in [5.41, 5.74) is 0.350. The van der Waals surface area contributed by atoms with Crippen molar-refractivity contribution in [2.24, 2.45) is 11.3 Å². The molecule has 1 rings (SSSR count). The molecule has 0 nitrogen and oxygen atoms in total. The molecule has 0 saturated heterocycles. The van der Waals surface area contributed by atoms with Crippen LogP contribution in [-0.4, -0.2) is 11.1 Å². The normalized spacial score (nSPS) is 13.8. The Morgan fingerprint density at radius 1 is 1.25 bits per heavy atom. The lowest BCUT2D eigenvalue weighted by Gasteiger charge is -2.28. The molecule has 0 saturated carbocycles. The summed E-state index contributed by atoms with van der Waals surface area (Å²) in [5, 5.41) is 1.86. The van der Waals surface area contributed by atoms with E-state index in [-0.39, 0.29) is 0 Å². The topological polar surface area (TPSA) is 0 Å². The van der Waals surface area contributed by atoms with E-state index in [1.807, 2.05) is 23.9 Å². The number of thioether (sulfide) groups is 1. The molecule has 1 atom stereocenters. The van der Waals surface area contributed by atoms with Gasteiger partial charge in [-0.3, -0.25) is 0 Å². The number of rotatable bonds is 4. The summed E-state index contributed by atoms with van der Waals surface area (Å²) in [5.74, 6) is 1.81. The monoisotopic (exact) mass is 320 g/mol. The Bertz CT molecular complexity index is 316. The van der Waals surface area contributed by atoms with Crippen LogP contribution >= 0.6 is 39.3 Å². The third-order valence-electron chi connectivity index (χ3n) is 2.68. The maximum atomic E-state index is 5.86. The Labute approximate surface area is 116 Å². The predicted molar refractivity (Wildman–Crippen MR) is 78.9 cm³/mol. The zero-order valence-corrected chi connectivity index (χ0v) is 13.1. The second-order valence-corrected chi connectivity index (χ2v) is 7.16. The Balaban J connectivity index is 2.53. The quantitative estimate of drug-likeness (QED) is 0.522. The SMILES string of the molecule is CC(C)(C)C(CBr)CSc1ccc(Cl)cc1. The first-order valence-electron chi connectivity index (χ1n) is 5.38. The van der Waals surface area contributed by atoms with Gasteiger partial charge in [0.2, 0.25) is 0 Å². The molecule has 0 N–H and O–H groups in total. The Morgan fingerprint density at radius 3 is 2.25 bits per heavy atom. The van der Waals surface area contributed by atoms with Crippen LogP contribution in [0.1, 0.15) is 20.8 Å². The standard InChI is InChI=1S/C13H18BrClS/c1-13(2,3)10(8-14)9-16-12-6-4-11(15)5-7-12/h4-7,10H,8-9H2,1-3H3. The van der Waals surface area contributed by atoms with Crippen molar-refractivity contribution in [3.8, 4) is 0 Å². The van der Waals surface area contributed by atoms with Gasteiger partial charge in [0.15, 0.2) is 0 Å². The highest BCUT2D eigenvalue weighted by Gasteiger charge is 2.23. The highest BCUT2D eigenvalue weighted by atomic mass is 79.9. The van der Waals surface area contributed by atoms with E-state index in [1.54, 1.807) is 0 Å². The van der Waals surface area contributed by atoms with Crippen LogP contribution in [0.3, 0.4) is 0 Å². The second-order valence-electron chi connectivity index (χ2n) is 4.98. The van der Waals surface area contributed by atoms with Crippen LogP contribution in [0.2, 0.25) is 5.02 Å². The van der Waals surface area contributed by atoms with Crippen molar-refractivity contribution in [1.82, 2.24) is 0 Å². The molecule has 0 aliphatic carbocycles. The summed E-state index contributed by atoms with van der Waals surface area (Å²) in [7, 11) is 0. The third-order valence-corrected chi connectivity index (χ3v) is 4.88. The summed E-state index contributed by atoms with van der Waals surface area (Å²) >= 11 is 11.4. The minimum Gasteiger partial charge on any atom is -0.126 e. The van der Waals surface area contributed by atoms with Gasteiger partial charge in [-0.1, -0.05) is 48.3 Å². The highest BCUT2D eigenvalue weighted by molar-refractivity contribution is 9.09. The van der Waals surface area contributed by atoms with Gasteiger partial charge >= 0.3 is 0 Å². The fraction of sp³-hybridized carbons (Fsp3) is 0.538. The fourth-order valence-electron chi connectivity index (χ4n) is 1.25. The Morgan fingerprint density at radius 2 is 1.81 bits per heavy atom. The van der Waals surface area contributed by atoms with Crippen LogP contribution in [0.4, 0.5) is 0 Å². The van der Waals surface area contributed by atoms with Gasteiger partial charge in [0.05, 0.1) is 0 Å². The van der Waals surface area contributed by atoms with Crippen LogP contribution < -0.4 is 0 Å². The molecular formula is C13H18BrClS. The zero-order chi connectivity index (χ0) is 12.2. The van der Waals surface area contributed by atoms with E-state index in [4.69, 9.17) is 11.6 Å². The molecule has 0 aliphatic rings. The molecule has 0 aliphatic heterocycles. The third kappa shape index (κ3) is 4.68. The maximum Gasteiger partial charge on any atom is 0.0406 e. The van der Waals surface area contributed by atoms with Gasteiger partial charge in [-0.2, -0.15) is 0 Å². The molecular weight excluding hydrogens is 304 g/mol. The number of hydrogen-bond donors (Lipinski definition) is 0. The van der Waals surface area contributed by atoms with E-state index in [2.05, 4.69) is 48.8 Å². The maximum absolute atomic E-state index is 5.86. The summed E-state index contributed by atoms with van der Waals surface area (Å²) in [6.07, 6.45) is 0. The average Bonchev–Trinajstić information content (AvgIpc) is 2.19. The van der Waals surface area contributed by atoms with Gasteiger partial charge in [-0.15, -0.1) is 11.8 Å². The van der Waals surface area contributed by atoms with Crippen LogP contribution in [0, 0.1) is 11.3 Å². The van der Waals surface area contributed by atoms with E-state index in [0.717, 1.165) is 16.1 Å². The Hall–Kier alpha value is 0.340. The van der Waals surface area contributed by atoms with Crippen molar-refractivity contribution in [2.75, 3.05) is 11.1 Å². The molecule has 1 aromatic rings. The number of hydrogen-bond acceptors (Lipinski definition) is 1. The predicted octanol–water partition coefficient (Wildman–Crippen LogP) is 5.49. The second kappa shape index (κ2) is 6.32. The average molecular weight is 322 g/mol. The molecule has 0 spiro atoms. The van der Waals surface area contributed by atoms with Crippen molar-refractivity contribution in [1.29, 1.82) is 0 Å². The van der Waals surface area contributed by atoms with E-state index < -0.39 is 0 Å². The van der Waals surface area contributed by atoms with Gasteiger partial charge < -0.3 is 0 Å². The van der Waals surface area contributed by atoms with Crippen LogP contribution in [-0.2, 0) is 0 Å². The largest absolute Gasteiger partial charge is 0.126 e. The molecule has 0 heterocycles. The smallest absolute Gasteiger partial charge is 0.0406 e. The minimum atomic E-state index is 0.350. The van der Waals surface area contributed by atoms with Crippen LogP contribution in [0.25, 0.3) is 0 Å². The van der Waals surface area contributed by atoms with Crippen LogP contribution in [0.15, 0.2) is 29.2 Å². The van der Waals surface area contributed by atoms with E-state index in [9.17, 15) is 0 Å². The van der Waals surface area contributed by atoms with Gasteiger partial charge in [0, 0.05) is 21.0 Å². The fourth-order valence-corrected chi connectivity index (χ4v) is 4.22. The van der Waals surface area contributed by atoms with Crippen LogP contribution in [0.5, 0.6) is 0 Å². The first kappa shape index (κ1) is 14.4. The van der Waals surface area contributed by atoms with Crippen molar-refractivity contribution >= 4 is 39.3 Å². The molecule has 16 heavy (non-hydrogen) atoms. The van der Waals surface area contributed by atoms with E-state index >= 15 is 0 Å². The van der Waals surface area contributed by atoms with E-state index in [0.29, 0.717) is 11.3 Å². The van der Waals surface area contributed by atoms with Crippen molar-refractivity contribution < 1.29 is 0 Å². The molecule has 0 amide bonds. The Kier molecular flexibility index (Phi) is 5.69. The molecule has 0 bridgehead atoms. The molecule has 3 heteroatoms. The van der Waals surface area contributed by atoms with Gasteiger partial charge in [-0.25, -0.2) is 0 Å². The molecule has 1 aromatic carbocycles. The summed E-state index contributed by atoms with van der Waals surface area (Å²) in [4.78, 5) is 1.29. The van der Waals surface area contributed by atoms with Crippen molar-refractivity contribution in [3.05, 3.63) is 29.3 Å². The molecule has 0 radical (unpaired) electrons. The molecule has 90 valence electrons. The first-order valence-corrected chi connectivity index (χ1v) is 7.86. The highest BCUT2D eigenvalue weighted by Crippen LogP contribution is 2.33.